The lowest BCUT2D eigenvalue weighted by molar-refractivity contribution is 0.160. The molecule has 0 aliphatic carbocycles. The lowest BCUT2D eigenvalue weighted by Crippen LogP contribution is -2.50. The van der Waals surface area contributed by atoms with Gasteiger partial charge in [-0.2, -0.15) is 0 Å². The van der Waals surface area contributed by atoms with E-state index < -0.39 is 21.5 Å². The highest BCUT2D eigenvalue weighted by Gasteiger charge is 2.41. The van der Waals surface area contributed by atoms with Crippen LogP contribution in [0.25, 0.3) is 0 Å². The molecular formula is C21H27NO3S. The minimum Gasteiger partial charge on any atom is -0.393 e. The summed E-state index contributed by atoms with van der Waals surface area (Å²) in [7, 11) is -3.43. The quantitative estimate of drug-likeness (QED) is 0.842. The fourth-order valence-electron chi connectivity index (χ4n) is 3.79. The van der Waals surface area contributed by atoms with Crippen LogP contribution in [-0.2, 0) is 9.84 Å². The number of hydrogen-bond acceptors (Lipinski definition) is 4. The molecule has 0 saturated carbocycles. The van der Waals surface area contributed by atoms with Gasteiger partial charge in [-0.25, -0.2) is 8.42 Å². The van der Waals surface area contributed by atoms with Crippen molar-refractivity contribution in [3.63, 3.8) is 0 Å². The molecule has 2 aromatic carbocycles. The van der Waals surface area contributed by atoms with Crippen LogP contribution in [0.2, 0.25) is 0 Å². The molecule has 0 amide bonds. The van der Waals surface area contributed by atoms with Crippen LogP contribution in [0, 0.1) is 0 Å². The normalized spacial score (nSPS) is 25.9. The maximum Gasteiger partial charge on any atom is 0.180 e. The van der Waals surface area contributed by atoms with E-state index in [-0.39, 0.29) is 11.8 Å². The highest BCUT2D eigenvalue weighted by atomic mass is 32.2. The topological polar surface area (TPSA) is 66.4 Å². The van der Waals surface area contributed by atoms with Gasteiger partial charge in [0.15, 0.2) is 9.84 Å². The maximum atomic E-state index is 13.2. The van der Waals surface area contributed by atoms with E-state index in [1.165, 1.54) is 0 Å². The van der Waals surface area contributed by atoms with Crippen LogP contribution in [0.4, 0.5) is 0 Å². The molecule has 1 aliphatic rings. The number of aliphatic hydroxyl groups is 1. The molecule has 0 radical (unpaired) electrons. The Kier molecular flexibility index (Phi) is 5.51. The fourth-order valence-corrected chi connectivity index (χ4v) is 5.93. The molecule has 0 saturated heterocycles. The third-order valence-electron chi connectivity index (χ3n) is 5.33. The minimum atomic E-state index is -3.43. The second-order valence-corrected chi connectivity index (χ2v) is 9.26. The van der Waals surface area contributed by atoms with Crippen molar-refractivity contribution in [3.05, 3.63) is 65.7 Å². The van der Waals surface area contributed by atoms with Crippen LogP contribution in [0.3, 0.4) is 0 Å². The van der Waals surface area contributed by atoms with Crippen molar-refractivity contribution in [2.24, 2.45) is 0 Å². The lowest BCUT2D eigenvalue weighted by atomic mass is 9.87. The Balaban J connectivity index is 2.14. The smallest absolute Gasteiger partial charge is 0.180 e. The number of fused-ring (bicyclic) bond motifs is 1. The summed E-state index contributed by atoms with van der Waals surface area (Å²) in [5, 5.41) is 13.4. The van der Waals surface area contributed by atoms with E-state index in [0.717, 1.165) is 11.1 Å². The van der Waals surface area contributed by atoms with Gasteiger partial charge in [0.05, 0.1) is 22.8 Å². The van der Waals surface area contributed by atoms with Gasteiger partial charge in [0, 0.05) is 5.54 Å². The van der Waals surface area contributed by atoms with Crippen LogP contribution in [-0.4, -0.2) is 30.9 Å². The van der Waals surface area contributed by atoms with Crippen molar-refractivity contribution in [3.8, 4) is 0 Å². The van der Waals surface area contributed by atoms with Crippen molar-refractivity contribution in [2.75, 3.05) is 5.75 Å². The zero-order chi connectivity index (χ0) is 18.8. The molecule has 1 aliphatic heterocycles. The van der Waals surface area contributed by atoms with Gasteiger partial charge in [0.2, 0.25) is 0 Å². The van der Waals surface area contributed by atoms with Crippen molar-refractivity contribution in [1.82, 2.24) is 5.32 Å². The molecule has 2 aromatic rings. The molecule has 0 fully saturated rings. The molecule has 140 valence electrons. The summed E-state index contributed by atoms with van der Waals surface area (Å²) in [4.78, 5) is 0.411. The van der Waals surface area contributed by atoms with Crippen LogP contribution >= 0.6 is 0 Å². The highest BCUT2D eigenvalue weighted by Crippen LogP contribution is 2.37. The van der Waals surface area contributed by atoms with Gasteiger partial charge in [-0.05, 0) is 43.4 Å². The Morgan fingerprint density at radius 1 is 1.15 bits per heavy atom. The van der Waals surface area contributed by atoms with Gasteiger partial charge >= 0.3 is 0 Å². The Morgan fingerprint density at radius 2 is 1.81 bits per heavy atom. The number of aliphatic hydroxyl groups excluding tert-OH is 1. The summed E-state index contributed by atoms with van der Waals surface area (Å²) < 4.78 is 26.4. The SMILES string of the molecule is CC[C@]1(CCC(C)O)CS(=O)(=O)c2ccccc2[C@H](c2ccccc2)N1. The van der Waals surface area contributed by atoms with Gasteiger partial charge in [-0.3, -0.25) is 5.32 Å². The van der Waals surface area contributed by atoms with Gasteiger partial charge in [-0.15, -0.1) is 0 Å². The first kappa shape index (κ1) is 19.1. The van der Waals surface area contributed by atoms with Crippen molar-refractivity contribution in [2.45, 2.75) is 55.7 Å². The lowest BCUT2D eigenvalue weighted by Gasteiger charge is -2.36. The molecule has 0 aromatic heterocycles. The summed E-state index contributed by atoms with van der Waals surface area (Å²) in [5.74, 6) is 0.0452. The molecule has 5 heteroatoms. The Hall–Kier alpha value is -1.69. The fraction of sp³-hybridized carbons (Fsp3) is 0.429. The van der Waals surface area contributed by atoms with E-state index in [1.54, 1.807) is 19.1 Å². The molecule has 3 rings (SSSR count). The van der Waals surface area contributed by atoms with Crippen molar-refractivity contribution in [1.29, 1.82) is 0 Å². The Morgan fingerprint density at radius 3 is 2.46 bits per heavy atom. The van der Waals surface area contributed by atoms with E-state index in [1.807, 2.05) is 49.4 Å². The zero-order valence-corrected chi connectivity index (χ0v) is 16.2. The zero-order valence-electron chi connectivity index (χ0n) is 15.4. The predicted octanol–water partition coefficient (Wildman–Crippen LogP) is 3.46. The number of nitrogens with one attached hydrogen (secondary N) is 1. The number of benzene rings is 2. The summed E-state index contributed by atoms with van der Waals surface area (Å²) >= 11 is 0. The summed E-state index contributed by atoms with van der Waals surface area (Å²) in [6.45, 7) is 3.76. The van der Waals surface area contributed by atoms with Crippen molar-refractivity contribution < 1.29 is 13.5 Å². The molecule has 0 spiro atoms. The first-order chi connectivity index (χ1) is 12.4. The Bertz CT molecular complexity index is 849. The average Bonchev–Trinajstić information content (AvgIpc) is 2.74. The molecule has 4 nitrogen and oxygen atoms in total. The highest BCUT2D eigenvalue weighted by molar-refractivity contribution is 7.91. The number of sulfone groups is 1. The maximum absolute atomic E-state index is 13.2. The third-order valence-corrected chi connectivity index (χ3v) is 7.31. The second-order valence-electron chi connectivity index (χ2n) is 7.31. The molecule has 1 heterocycles. The largest absolute Gasteiger partial charge is 0.393 e. The summed E-state index contributed by atoms with van der Waals surface area (Å²) in [5.41, 5.74) is 1.27. The minimum absolute atomic E-state index is 0.0452. The van der Waals surface area contributed by atoms with E-state index in [2.05, 4.69) is 5.32 Å². The van der Waals surface area contributed by atoms with Gasteiger partial charge in [0.1, 0.15) is 0 Å². The molecule has 2 N–H and O–H groups in total. The van der Waals surface area contributed by atoms with E-state index in [0.29, 0.717) is 24.2 Å². The summed E-state index contributed by atoms with van der Waals surface area (Å²) in [6, 6.07) is 17.1. The molecule has 3 atom stereocenters. The number of rotatable bonds is 5. The summed E-state index contributed by atoms with van der Waals surface area (Å²) in [6.07, 6.45) is 1.39. The van der Waals surface area contributed by atoms with Crippen LogP contribution in [0.15, 0.2) is 59.5 Å². The Labute approximate surface area is 156 Å². The molecular weight excluding hydrogens is 346 g/mol. The second kappa shape index (κ2) is 7.51. The first-order valence-corrected chi connectivity index (χ1v) is 10.8. The first-order valence-electron chi connectivity index (χ1n) is 9.19. The molecule has 26 heavy (non-hydrogen) atoms. The van der Waals surface area contributed by atoms with E-state index >= 15 is 0 Å². The molecule has 1 unspecified atom stereocenters. The average molecular weight is 374 g/mol. The van der Waals surface area contributed by atoms with E-state index in [9.17, 15) is 13.5 Å². The van der Waals surface area contributed by atoms with Gasteiger partial charge in [-0.1, -0.05) is 55.5 Å². The van der Waals surface area contributed by atoms with Gasteiger partial charge in [0.25, 0.3) is 0 Å². The van der Waals surface area contributed by atoms with Crippen LogP contribution in [0.1, 0.15) is 50.3 Å². The molecule has 0 bridgehead atoms. The monoisotopic (exact) mass is 373 g/mol. The van der Waals surface area contributed by atoms with Crippen molar-refractivity contribution >= 4 is 9.84 Å². The van der Waals surface area contributed by atoms with Gasteiger partial charge < -0.3 is 5.11 Å². The van der Waals surface area contributed by atoms with Crippen LogP contribution < -0.4 is 5.32 Å². The predicted molar refractivity (Wildman–Crippen MR) is 104 cm³/mol. The number of hydrogen-bond donors (Lipinski definition) is 2. The van der Waals surface area contributed by atoms with Crippen LogP contribution in [0.5, 0.6) is 0 Å². The van der Waals surface area contributed by atoms with E-state index in [4.69, 9.17) is 0 Å². The third kappa shape index (κ3) is 3.85. The standard InChI is InChI=1S/C21H27NO3S/c1-3-21(14-13-16(2)23)15-26(24,25)19-12-8-7-11-18(19)20(22-21)17-9-5-4-6-10-17/h4-12,16,20,22-23H,3,13-15H2,1-2H3/t16?,20-,21-/m0/s1.